The summed E-state index contributed by atoms with van der Waals surface area (Å²) in [6.45, 7) is 4.75. The Kier molecular flexibility index (Phi) is 5.25. The normalized spacial score (nSPS) is 24.9. The molecule has 0 radical (unpaired) electrons. The predicted octanol–water partition coefficient (Wildman–Crippen LogP) is 1.52. The van der Waals surface area contributed by atoms with E-state index in [1.54, 1.807) is 5.01 Å². The number of para-hydroxylation sites is 1. The number of nitrogens with zero attached hydrogens (tertiary/aromatic N) is 2. The number of hydrogen-bond acceptors (Lipinski definition) is 6. The predicted molar refractivity (Wildman–Crippen MR) is 114 cm³/mol. The average molecular weight is 422 g/mol. The number of piperidine rings is 1. The SMILES string of the molecule is CCN1CC(C(=O)NCc2ccc3c(c2)OCO3)C2NN(c3ccccc3)C(=O)C2C1. The molecule has 0 aromatic heterocycles. The van der Waals surface area contributed by atoms with Gasteiger partial charge < -0.3 is 19.7 Å². The minimum atomic E-state index is -0.328. The zero-order valence-corrected chi connectivity index (χ0v) is 17.4. The number of ether oxygens (including phenoxy) is 2. The van der Waals surface area contributed by atoms with Crippen molar-refractivity contribution in [1.29, 1.82) is 0 Å². The monoisotopic (exact) mass is 422 g/mol. The van der Waals surface area contributed by atoms with Crippen molar-refractivity contribution in [2.45, 2.75) is 19.5 Å². The first-order valence-corrected chi connectivity index (χ1v) is 10.7. The van der Waals surface area contributed by atoms with Gasteiger partial charge in [-0.25, -0.2) is 10.4 Å². The number of likely N-dealkylation sites (tertiary alicyclic amines) is 1. The molecule has 3 heterocycles. The minimum absolute atomic E-state index is 0.0166. The van der Waals surface area contributed by atoms with Crippen LogP contribution in [-0.4, -0.2) is 49.2 Å². The van der Waals surface area contributed by atoms with Gasteiger partial charge in [0.2, 0.25) is 18.6 Å². The van der Waals surface area contributed by atoms with E-state index in [0.29, 0.717) is 25.4 Å². The molecule has 5 rings (SSSR count). The molecule has 2 aromatic rings. The molecule has 8 heteroatoms. The molecular weight excluding hydrogens is 396 g/mol. The molecule has 3 aliphatic rings. The maximum absolute atomic E-state index is 13.2. The summed E-state index contributed by atoms with van der Waals surface area (Å²) in [7, 11) is 0. The maximum atomic E-state index is 13.2. The van der Waals surface area contributed by atoms with Crippen LogP contribution in [0.5, 0.6) is 11.5 Å². The number of anilines is 1. The maximum Gasteiger partial charge on any atom is 0.247 e. The van der Waals surface area contributed by atoms with Gasteiger partial charge in [-0.3, -0.25) is 9.59 Å². The van der Waals surface area contributed by atoms with Crippen molar-refractivity contribution in [3.05, 3.63) is 54.1 Å². The third-order valence-electron chi connectivity index (χ3n) is 6.29. The second-order valence-corrected chi connectivity index (χ2v) is 8.13. The van der Waals surface area contributed by atoms with Gasteiger partial charge in [0.15, 0.2) is 11.5 Å². The van der Waals surface area contributed by atoms with Gasteiger partial charge in [0.1, 0.15) is 0 Å². The largest absolute Gasteiger partial charge is 0.454 e. The van der Waals surface area contributed by atoms with Crippen LogP contribution < -0.4 is 25.2 Å². The molecule has 2 N–H and O–H groups in total. The van der Waals surface area contributed by atoms with Crippen LogP contribution >= 0.6 is 0 Å². The molecule has 2 fully saturated rings. The highest BCUT2D eigenvalue weighted by atomic mass is 16.7. The highest BCUT2D eigenvalue weighted by molar-refractivity contribution is 5.98. The summed E-state index contributed by atoms with van der Waals surface area (Å²) in [6, 6.07) is 15.0. The second kappa shape index (κ2) is 8.20. The average Bonchev–Trinajstić information content (AvgIpc) is 3.41. The van der Waals surface area contributed by atoms with E-state index in [4.69, 9.17) is 9.47 Å². The van der Waals surface area contributed by atoms with Gasteiger partial charge in [-0.2, -0.15) is 0 Å². The number of carbonyl (C=O) groups is 2. The Hall–Kier alpha value is -3.10. The van der Waals surface area contributed by atoms with Gasteiger partial charge >= 0.3 is 0 Å². The fourth-order valence-electron chi connectivity index (χ4n) is 4.58. The van der Waals surface area contributed by atoms with Crippen molar-refractivity contribution in [1.82, 2.24) is 15.6 Å². The summed E-state index contributed by atoms with van der Waals surface area (Å²) >= 11 is 0. The van der Waals surface area contributed by atoms with Crippen LogP contribution in [0.1, 0.15) is 12.5 Å². The van der Waals surface area contributed by atoms with Gasteiger partial charge in [0, 0.05) is 19.6 Å². The summed E-state index contributed by atoms with van der Waals surface area (Å²) < 4.78 is 10.8. The van der Waals surface area contributed by atoms with Gasteiger partial charge in [0.25, 0.3) is 0 Å². The van der Waals surface area contributed by atoms with Gasteiger partial charge in [0.05, 0.1) is 23.6 Å². The molecule has 2 amide bonds. The number of amides is 2. The van der Waals surface area contributed by atoms with Crippen LogP contribution in [0.2, 0.25) is 0 Å². The first kappa shape index (κ1) is 19.8. The molecule has 0 spiro atoms. The Labute approximate surface area is 181 Å². The molecule has 3 aliphatic heterocycles. The smallest absolute Gasteiger partial charge is 0.247 e. The zero-order chi connectivity index (χ0) is 21.4. The van der Waals surface area contributed by atoms with Crippen LogP contribution in [0.4, 0.5) is 5.69 Å². The highest BCUT2D eigenvalue weighted by Gasteiger charge is 2.50. The van der Waals surface area contributed by atoms with Crippen LogP contribution in [0, 0.1) is 11.8 Å². The number of rotatable bonds is 5. The van der Waals surface area contributed by atoms with E-state index in [1.807, 2.05) is 48.5 Å². The van der Waals surface area contributed by atoms with E-state index in [9.17, 15) is 9.59 Å². The molecule has 31 heavy (non-hydrogen) atoms. The molecular formula is C23H26N4O4. The standard InChI is InChI=1S/C23H26N4O4/c1-2-26-12-17(22(28)24-11-15-8-9-19-20(10-15)31-14-30-19)21-18(13-26)23(29)27(25-21)16-6-4-3-5-7-16/h3-10,17-18,21,25H,2,11-14H2,1H3,(H,24,28). The third-order valence-corrected chi connectivity index (χ3v) is 6.29. The molecule has 2 aromatic carbocycles. The Morgan fingerprint density at radius 1 is 1.13 bits per heavy atom. The number of nitrogens with one attached hydrogen (secondary N) is 2. The number of hydrazine groups is 1. The Bertz CT molecular complexity index is 983. The summed E-state index contributed by atoms with van der Waals surface area (Å²) in [5, 5.41) is 4.66. The van der Waals surface area contributed by atoms with E-state index in [2.05, 4.69) is 22.6 Å². The Balaban J connectivity index is 1.31. The van der Waals surface area contributed by atoms with E-state index in [1.165, 1.54) is 0 Å². The van der Waals surface area contributed by atoms with Crippen molar-refractivity contribution in [3.63, 3.8) is 0 Å². The van der Waals surface area contributed by atoms with E-state index in [-0.39, 0.29) is 36.5 Å². The highest BCUT2D eigenvalue weighted by Crippen LogP contribution is 2.33. The first-order valence-electron chi connectivity index (χ1n) is 10.7. The van der Waals surface area contributed by atoms with Crippen LogP contribution in [0.15, 0.2) is 48.5 Å². The van der Waals surface area contributed by atoms with Crippen molar-refractivity contribution in [3.8, 4) is 11.5 Å². The quantitative estimate of drug-likeness (QED) is 0.760. The lowest BCUT2D eigenvalue weighted by molar-refractivity contribution is -0.129. The molecule has 0 bridgehead atoms. The summed E-state index contributed by atoms with van der Waals surface area (Å²) in [4.78, 5) is 28.5. The van der Waals surface area contributed by atoms with Crippen LogP contribution in [0.25, 0.3) is 0 Å². The van der Waals surface area contributed by atoms with Crippen LogP contribution in [0.3, 0.4) is 0 Å². The molecule has 3 atom stereocenters. The molecule has 0 saturated carbocycles. The van der Waals surface area contributed by atoms with Gasteiger partial charge in [-0.15, -0.1) is 0 Å². The summed E-state index contributed by atoms with van der Waals surface area (Å²) in [5.41, 5.74) is 5.07. The summed E-state index contributed by atoms with van der Waals surface area (Å²) in [5.74, 6) is 0.797. The fraction of sp³-hybridized carbons (Fsp3) is 0.391. The second-order valence-electron chi connectivity index (χ2n) is 8.13. The molecule has 8 nitrogen and oxygen atoms in total. The lowest BCUT2D eigenvalue weighted by Crippen LogP contribution is -2.56. The fourth-order valence-corrected chi connectivity index (χ4v) is 4.58. The van der Waals surface area contributed by atoms with E-state index >= 15 is 0 Å². The molecule has 3 unspecified atom stereocenters. The summed E-state index contributed by atoms with van der Waals surface area (Å²) in [6.07, 6.45) is 0. The molecule has 0 aliphatic carbocycles. The van der Waals surface area contributed by atoms with Crippen molar-refractivity contribution in [2.24, 2.45) is 11.8 Å². The minimum Gasteiger partial charge on any atom is -0.454 e. The topological polar surface area (TPSA) is 83.1 Å². The van der Waals surface area contributed by atoms with Gasteiger partial charge in [-0.05, 0) is 36.4 Å². The lowest BCUT2D eigenvalue weighted by Gasteiger charge is -2.37. The van der Waals surface area contributed by atoms with E-state index < -0.39 is 0 Å². The third kappa shape index (κ3) is 3.73. The first-order chi connectivity index (χ1) is 15.1. The molecule has 162 valence electrons. The van der Waals surface area contributed by atoms with Crippen molar-refractivity contribution < 1.29 is 19.1 Å². The number of benzene rings is 2. The molecule has 2 saturated heterocycles. The van der Waals surface area contributed by atoms with Crippen LogP contribution in [-0.2, 0) is 16.1 Å². The van der Waals surface area contributed by atoms with E-state index in [0.717, 1.165) is 23.5 Å². The van der Waals surface area contributed by atoms with Crippen molar-refractivity contribution >= 4 is 17.5 Å². The van der Waals surface area contributed by atoms with Crippen molar-refractivity contribution in [2.75, 3.05) is 31.4 Å². The van der Waals surface area contributed by atoms with Gasteiger partial charge in [-0.1, -0.05) is 31.2 Å². The zero-order valence-electron chi connectivity index (χ0n) is 17.4. The number of fused-ring (bicyclic) bond motifs is 2. The number of carbonyl (C=O) groups excluding carboxylic acids is 2. The Morgan fingerprint density at radius 2 is 1.94 bits per heavy atom. The lowest BCUT2D eigenvalue weighted by atomic mass is 9.84. The number of hydrogen-bond donors (Lipinski definition) is 2. The Morgan fingerprint density at radius 3 is 2.74 bits per heavy atom.